The molecule has 8 aromatic carbocycles. The molecule has 0 fully saturated rings. The van der Waals surface area contributed by atoms with E-state index in [1.165, 1.54) is 54.3 Å². The number of anilines is 3. The lowest BCUT2D eigenvalue weighted by molar-refractivity contribution is 1.13. The van der Waals surface area contributed by atoms with Gasteiger partial charge in [0.1, 0.15) is 0 Å². The first-order valence-corrected chi connectivity index (χ1v) is 16.8. The van der Waals surface area contributed by atoms with E-state index in [0.717, 1.165) is 28.4 Å². The van der Waals surface area contributed by atoms with Crippen LogP contribution in [0.3, 0.4) is 0 Å². The summed E-state index contributed by atoms with van der Waals surface area (Å²) in [5.41, 5.74) is 9.22. The van der Waals surface area contributed by atoms with Gasteiger partial charge in [-0.3, -0.25) is 0 Å². The van der Waals surface area contributed by atoms with Crippen molar-refractivity contribution in [1.82, 2.24) is 9.13 Å². The van der Waals surface area contributed by atoms with Gasteiger partial charge < -0.3 is 14.0 Å². The second-order valence-corrected chi connectivity index (χ2v) is 12.7. The Morgan fingerprint density at radius 1 is 0.327 bits per heavy atom. The van der Waals surface area contributed by atoms with E-state index in [1.54, 1.807) is 0 Å². The van der Waals surface area contributed by atoms with Gasteiger partial charge in [-0.15, -0.1) is 0 Å². The van der Waals surface area contributed by atoms with Crippen LogP contribution in [0, 0.1) is 0 Å². The zero-order valence-corrected chi connectivity index (χ0v) is 26.7. The molecule has 230 valence electrons. The van der Waals surface area contributed by atoms with Crippen LogP contribution < -0.4 is 4.90 Å². The molecule has 0 radical (unpaired) electrons. The maximum absolute atomic E-state index is 2.42. The molecule has 0 spiro atoms. The van der Waals surface area contributed by atoms with Crippen LogP contribution in [0.5, 0.6) is 0 Å². The first-order valence-electron chi connectivity index (χ1n) is 16.8. The fraction of sp³-hybridized carbons (Fsp3) is 0. The first kappa shape index (κ1) is 27.5. The Morgan fingerprint density at radius 3 is 1.67 bits per heavy atom. The average Bonchev–Trinajstić information content (AvgIpc) is 3.73. The van der Waals surface area contributed by atoms with Gasteiger partial charge in [-0.2, -0.15) is 0 Å². The fourth-order valence-corrected chi connectivity index (χ4v) is 7.54. The maximum Gasteiger partial charge on any atom is 0.0548 e. The highest BCUT2D eigenvalue weighted by molar-refractivity contribution is 6.13. The van der Waals surface area contributed by atoms with Gasteiger partial charge in [0.05, 0.1) is 16.6 Å². The van der Waals surface area contributed by atoms with Gasteiger partial charge >= 0.3 is 0 Å². The summed E-state index contributed by atoms with van der Waals surface area (Å²) in [6.45, 7) is 0. The normalized spacial score (nSPS) is 11.7. The summed E-state index contributed by atoms with van der Waals surface area (Å²) < 4.78 is 4.71. The van der Waals surface area contributed by atoms with Gasteiger partial charge in [0, 0.05) is 50.8 Å². The molecular weight excluding hydrogens is 595 g/mol. The maximum atomic E-state index is 2.42. The Labute approximate surface area is 284 Å². The second-order valence-electron chi connectivity index (χ2n) is 12.7. The van der Waals surface area contributed by atoms with Crippen LogP contribution in [0.1, 0.15) is 0 Å². The number of benzene rings is 8. The molecule has 49 heavy (non-hydrogen) atoms. The summed E-state index contributed by atoms with van der Waals surface area (Å²) in [5.74, 6) is 0. The van der Waals surface area contributed by atoms with E-state index >= 15 is 0 Å². The minimum absolute atomic E-state index is 1.10. The van der Waals surface area contributed by atoms with Crippen molar-refractivity contribution in [2.24, 2.45) is 0 Å². The van der Waals surface area contributed by atoms with Crippen molar-refractivity contribution in [2.75, 3.05) is 4.90 Å². The zero-order valence-electron chi connectivity index (χ0n) is 26.7. The standard InChI is InChI=1S/C46H31N3/c1-2-15-37(16-3-1)47-26-25-36-29-46-43(31-45(36)47)42-19-8-9-20-44(42)49(46)39-18-10-17-38(30-39)48(40-23-21-32-11-4-6-13-34(32)27-40)41-24-22-33-12-5-7-14-35(33)28-41/h1-31H. The van der Waals surface area contributed by atoms with Crippen molar-refractivity contribution in [3.63, 3.8) is 0 Å². The molecule has 2 aromatic heterocycles. The molecule has 10 aromatic rings. The number of hydrogen-bond acceptors (Lipinski definition) is 1. The number of para-hydroxylation sites is 2. The van der Waals surface area contributed by atoms with Crippen LogP contribution in [0.25, 0.3) is 65.6 Å². The van der Waals surface area contributed by atoms with Gasteiger partial charge in [0.15, 0.2) is 0 Å². The van der Waals surface area contributed by atoms with Crippen LogP contribution in [0.2, 0.25) is 0 Å². The van der Waals surface area contributed by atoms with Crippen molar-refractivity contribution in [1.29, 1.82) is 0 Å². The second kappa shape index (κ2) is 11.0. The van der Waals surface area contributed by atoms with Crippen LogP contribution in [-0.4, -0.2) is 9.13 Å². The number of rotatable bonds is 5. The highest BCUT2D eigenvalue weighted by Gasteiger charge is 2.18. The Bertz CT molecular complexity index is 2760. The number of nitrogens with zero attached hydrogens (tertiary/aromatic N) is 3. The summed E-state index contributed by atoms with van der Waals surface area (Å²) >= 11 is 0. The molecule has 0 bridgehead atoms. The minimum atomic E-state index is 1.10. The molecule has 0 aliphatic heterocycles. The molecule has 2 heterocycles. The van der Waals surface area contributed by atoms with E-state index in [4.69, 9.17) is 0 Å². The van der Waals surface area contributed by atoms with E-state index in [1.807, 2.05) is 0 Å². The predicted molar refractivity (Wildman–Crippen MR) is 207 cm³/mol. The molecule has 10 rings (SSSR count). The molecule has 3 nitrogen and oxygen atoms in total. The van der Waals surface area contributed by atoms with E-state index in [-0.39, 0.29) is 0 Å². The molecule has 3 heteroatoms. The third-order valence-electron chi connectivity index (χ3n) is 9.85. The number of fused-ring (bicyclic) bond motifs is 6. The van der Waals surface area contributed by atoms with Crippen molar-refractivity contribution in [3.8, 4) is 11.4 Å². The molecule has 0 saturated carbocycles. The van der Waals surface area contributed by atoms with Gasteiger partial charge in [-0.1, -0.05) is 103 Å². The minimum Gasteiger partial charge on any atom is -0.317 e. The monoisotopic (exact) mass is 625 g/mol. The average molecular weight is 626 g/mol. The molecule has 0 saturated heterocycles. The van der Waals surface area contributed by atoms with Gasteiger partial charge in [-0.25, -0.2) is 0 Å². The Kier molecular flexibility index (Phi) is 6.18. The Balaban J connectivity index is 1.19. The summed E-state index contributed by atoms with van der Waals surface area (Å²) in [7, 11) is 0. The van der Waals surface area contributed by atoms with Crippen molar-refractivity contribution >= 4 is 71.3 Å². The van der Waals surface area contributed by atoms with Crippen molar-refractivity contribution in [2.45, 2.75) is 0 Å². The van der Waals surface area contributed by atoms with Crippen LogP contribution >= 0.6 is 0 Å². The summed E-state index contributed by atoms with van der Waals surface area (Å²) in [4.78, 5) is 2.38. The number of aromatic nitrogens is 2. The van der Waals surface area contributed by atoms with Crippen molar-refractivity contribution < 1.29 is 0 Å². The fourth-order valence-electron chi connectivity index (χ4n) is 7.54. The summed E-state index contributed by atoms with van der Waals surface area (Å²) in [6.07, 6.45) is 2.18. The van der Waals surface area contributed by atoms with Crippen LogP contribution in [-0.2, 0) is 0 Å². The largest absolute Gasteiger partial charge is 0.317 e. The van der Waals surface area contributed by atoms with Gasteiger partial charge in [-0.05, 0) is 100 Å². The predicted octanol–water partition coefficient (Wildman–Crippen LogP) is 12.5. The Hall–Kier alpha value is -6.58. The molecule has 0 unspecified atom stereocenters. The van der Waals surface area contributed by atoms with Crippen molar-refractivity contribution in [3.05, 3.63) is 188 Å². The highest BCUT2D eigenvalue weighted by Crippen LogP contribution is 2.40. The van der Waals surface area contributed by atoms with Crippen LogP contribution in [0.15, 0.2) is 188 Å². The molecule has 0 atom stereocenters. The molecular formula is C46H31N3. The molecule has 0 aliphatic rings. The molecule has 0 aliphatic carbocycles. The van der Waals surface area contributed by atoms with E-state index in [9.17, 15) is 0 Å². The zero-order chi connectivity index (χ0) is 32.3. The van der Waals surface area contributed by atoms with E-state index in [2.05, 4.69) is 202 Å². The SMILES string of the molecule is c1ccc(-n2ccc3cc4c(cc32)c2ccccc2n4-c2cccc(N(c3ccc4ccccc4c3)c3ccc4ccccc4c3)c2)cc1. The summed E-state index contributed by atoms with van der Waals surface area (Å²) in [5, 5.41) is 8.60. The van der Waals surface area contributed by atoms with Gasteiger partial charge in [0.25, 0.3) is 0 Å². The lowest BCUT2D eigenvalue weighted by atomic mass is 10.1. The molecule has 0 amide bonds. The van der Waals surface area contributed by atoms with Crippen LogP contribution in [0.4, 0.5) is 17.1 Å². The third-order valence-corrected chi connectivity index (χ3v) is 9.85. The third kappa shape index (κ3) is 4.51. The Morgan fingerprint density at radius 2 is 0.939 bits per heavy atom. The number of hydrogen-bond donors (Lipinski definition) is 0. The summed E-state index contributed by atoms with van der Waals surface area (Å²) in [6, 6.07) is 65.9. The van der Waals surface area contributed by atoms with Gasteiger partial charge in [0.2, 0.25) is 0 Å². The van der Waals surface area contributed by atoms with E-state index in [0.29, 0.717) is 0 Å². The smallest absolute Gasteiger partial charge is 0.0548 e. The van der Waals surface area contributed by atoms with E-state index < -0.39 is 0 Å². The quantitative estimate of drug-likeness (QED) is 0.185. The lowest BCUT2D eigenvalue weighted by Crippen LogP contribution is -2.10. The highest BCUT2D eigenvalue weighted by atomic mass is 15.1. The molecule has 0 N–H and O–H groups in total. The first-order chi connectivity index (χ1) is 24.3. The lowest BCUT2D eigenvalue weighted by Gasteiger charge is -2.27. The topological polar surface area (TPSA) is 13.1 Å².